The zero-order valence-electron chi connectivity index (χ0n) is 11.2. The van der Waals surface area contributed by atoms with Gasteiger partial charge in [0, 0.05) is 11.8 Å². The van der Waals surface area contributed by atoms with Gasteiger partial charge in [-0.15, -0.1) is 11.8 Å². The predicted octanol–water partition coefficient (Wildman–Crippen LogP) is 2.47. The van der Waals surface area contributed by atoms with Crippen molar-refractivity contribution in [2.45, 2.75) is 30.6 Å². The summed E-state index contributed by atoms with van der Waals surface area (Å²) in [6, 6.07) is 9.61. The molecule has 19 heavy (non-hydrogen) atoms. The first-order valence-corrected chi connectivity index (χ1v) is 7.18. The lowest BCUT2D eigenvalue weighted by Gasteiger charge is -2.29. The number of ether oxygens (including phenoxy) is 1. The third-order valence-electron chi connectivity index (χ3n) is 3.12. The largest absolute Gasteiger partial charge is 0.445 e. The fourth-order valence-electron chi connectivity index (χ4n) is 2.12. The van der Waals surface area contributed by atoms with Gasteiger partial charge in [-0.1, -0.05) is 30.3 Å². The molecule has 1 fully saturated rings. The minimum atomic E-state index is -0.332. The number of carbonyl (C=O) groups is 1. The van der Waals surface area contributed by atoms with E-state index in [-0.39, 0.29) is 29.4 Å². The molecule has 1 heterocycles. The van der Waals surface area contributed by atoms with E-state index in [1.165, 1.54) is 0 Å². The van der Waals surface area contributed by atoms with Gasteiger partial charge in [0.05, 0.1) is 11.5 Å². The molecule has 0 radical (unpaired) electrons. The third kappa shape index (κ3) is 3.42. The Labute approximate surface area is 117 Å². The monoisotopic (exact) mass is 281 g/mol. The average Bonchev–Trinajstić information content (AvgIpc) is 2.72. The number of rotatable bonds is 3. The molecule has 1 aliphatic heterocycles. The van der Waals surface area contributed by atoms with Gasteiger partial charge in [0.1, 0.15) is 6.61 Å². The van der Waals surface area contributed by atoms with Gasteiger partial charge >= 0.3 is 6.09 Å². The van der Waals surface area contributed by atoms with Crippen molar-refractivity contribution in [3.05, 3.63) is 35.9 Å². The van der Waals surface area contributed by atoms with Crippen molar-refractivity contribution >= 4 is 17.9 Å². The Morgan fingerprint density at radius 3 is 2.74 bits per heavy atom. The normalized spacial score (nSPS) is 21.4. The van der Waals surface area contributed by atoms with Crippen LogP contribution in [-0.4, -0.2) is 39.4 Å². The highest BCUT2D eigenvalue weighted by molar-refractivity contribution is 8.01. The fourth-order valence-corrected chi connectivity index (χ4v) is 3.51. The van der Waals surface area contributed by atoms with Gasteiger partial charge in [-0.2, -0.15) is 0 Å². The topological polar surface area (TPSA) is 49.8 Å². The highest BCUT2D eigenvalue weighted by atomic mass is 32.2. The summed E-state index contributed by atoms with van der Waals surface area (Å²) in [5, 5.41) is 9.27. The number of amides is 1. The Bertz CT molecular complexity index is 436. The van der Waals surface area contributed by atoms with Crippen molar-refractivity contribution in [2.24, 2.45) is 0 Å². The number of nitrogens with zero attached hydrogens (tertiary/aromatic N) is 1. The van der Waals surface area contributed by atoms with E-state index < -0.39 is 0 Å². The van der Waals surface area contributed by atoms with Crippen LogP contribution in [0.2, 0.25) is 0 Å². The molecule has 1 aromatic rings. The van der Waals surface area contributed by atoms with Crippen molar-refractivity contribution in [1.82, 2.24) is 4.90 Å². The predicted molar refractivity (Wildman–Crippen MR) is 75.9 cm³/mol. The smallest absolute Gasteiger partial charge is 0.411 e. The van der Waals surface area contributed by atoms with Crippen LogP contribution >= 0.6 is 11.8 Å². The zero-order valence-corrected chi connectivity index (χ0v) is 12.0. The van der Waals surface area contributed by atoms with Gasteiger partial charge in [0.25, 0.3) is 0 Å². The molecular formula is C14H19NO3S. The molecule has 0 bridgehead atoms. The first kappa shape index (κ1) is 14.2. The summed E-state index contributed by atoms with van der Waals surface area (Å²) in [6.45, 7) is 4.83. The average molecular weight is 281 g/mol. The Morgan fingerprint density at radius 2 is 2.16 bits per heavy atom. The van der Waals surface area contributed by atoms with E-state index in [9.17, 15) is 9.90 Å². The molecule has 104 valence electrons. The number of hydrogen-bond donors (Lipinski definition) is 1. The van der Waals surface area contributed by atoms with E-state index in [4.69, 9.17) is 4.74 Å². The molecule has 2 rings (SSSR count). The van der Waals surface area contributed by atoms with Crippen LogP contribution in [0.3, 0.4) is 0 Å². The summed E-state index contributed by atoms with van der Waals surface area (Å²) < 4.78 is 5.33. The Morgan fingerprint density at radius 1 is 1.47 bits per heavy atom. The molecule has 4 nitrogen and oxygen atoms in total. The second kappa shape index (κ2) is 5.84. The minimum absolute atomic E-state index is 0.0688. The van der Waals surface area contributed by atoms with Crippen LogP contribution in [0.15, 0.2) is 30.3 Å². The minimum Gasteiger partial charge on any atom is -0.445 e. The second-order valence-electron chi connectivity index (χ2n) is 5.02. The fraction of sp³-hybridized carbons (Fsp3) is 0.500. The Kier molecular flexibility index (Phi) is 4.37. The van der Waals surface area contributed by atoms with Crippen molar-refractivity contribution in [2.75, 3.05) is 13.2 Å². The lowest BCUT2D eigenvalue weighted by atomic mass is 10.2. The molecule has 1 aromatic carbocycles. The first-order valence-electron chi connectivity index (χ1n) is 6.30. The van der Waals surface area contributed by atoms with Gasteiger partial charge in [0.15, 0.2) is 0 Å². The van der Waals surface area contributed by atoms with Crippen LogP contribution in [0.1, 0.15) is 19.4 Å². The van der Waals surface area contributed by atoms with E-state index in [0.717, 1.165) is 5.56 Å². The van der Waals surface area contributed by atoms with Gasteiger partial charge in [-0.05, 0) is 19.4 Å². The zero-order chi connectivity index (χ0) is 13.9. The SMILES string of the molecule is CC1(C)SC(CO)CN1C(=O)OCc1ccccc1. The lowest BCUT2D eigenvalue weighted by molar-refractivity contribution is 0.0833. The highest BCUT2D eigenvalue weighted by Crippen LogP contribution is 2.40. The number of hydrogen-bond acceptors (Lipinski definition) is 4. The van der Waals surface area contributed by atoms with Crippen LogP contribution in [0.5, 0.6) is 0 Å². The molecule has 1 atom stereocenters. The van der Waals surface area contributed by atoms with E-state index in [2.05, 4.69) is 0 Å². The number of benzene rings is 1. The third-order valence-corrected chi connectivity index (χ3v) is 4.55. The summed E-state index contributed by atoms with van der Waals surface area (Å²) in [6.07, 6.45) is -0.322. The summed E-state index contributed by atoms with van der Waals surface area (Å²) in [5.41, 5.74) is 0.971. The van der Waals surface area contributed by atoms with Gasteiger partial charge < -0.3 is 9.84 Å². The molecule has 1 N–H and O–H groups in total. The van der Waals surface area contributed by atoms with E-state index >= 15 is 0 Å². The van der Waals surface area contributed by atoms with Crippen LogP contribution in [-0.2, 0) is 11.3 Å². The molecule has 0 spiro atoms. The summed E-state index contributed by atoms with van der Waals surface area (Å²) in [4.78, 5) is 13.5. The molecule has 0 aromatic heterocycles. The molecule has 0 saturated carbocycles. The van der Waals surface area contributed by atoms with Crippen molar-refractivity contribution in [3.63, 3.8) is 0 Å². The maximum Gasteiger partial charge on any atom is 0.411 e. The number of thioether (sulfide) groups is 1. The van der Waals surface area contributed by atoms with Crippen LogP contribution in [0.4, 0.5) is 4.79 Å². The summed E-state index contributed by atoms with van der Waals surface area (Å²) in [5.74, 6) is 0. The lowest BCUT2D eigenvalue weighted by Crippen LogP contribution is -2.42. The number of carbonyl (C=O) groups excluding carboxylic acids is 1. The standard InChI is InChI=1S/C14H19NO3S/c1-14(2)15(8-12(9-16)19-14)13(17)18-10-11-6-4-3-5-7-11/h3-7,12,16H,8-10H2,1-2H3. The highest BCUT2D eigenvalue weighted by Gasteiger charge is 2.42. The van der Waals surface area contributed by atoms with Crippen LogP contribution < -0.4 is 0 Å². The van der Waals surface area contributed by atoms with Gasteiger partial charge in [-0.3, -0.25) is 4.90 Å². The quantitative estimate of drug-likeness (QED) is 0.924. The van der Waals surface area contributed by atoms with E-state index in [1.54, 1.807) is 16.7 Å². The second-order valence-corrected chi connectivity index (χ2v) is 6.92. The van der Waals surface area contributed by atoms with E-state index in [0.29, 0.717) is 6.54 Å². The van der Waals surface area contributed by atoms with Gasteiger partial charge in [0.2, 0.25) is 0 Å². The molecular weight excluding hydrogens is 262 g/mol. The van der Waals surface area contributed by atoms with Crippen molar-refractivity contribution in [1.29, 1.82) is 0 Å². The molecule has 1 saturated heterocycles. The number of aliphatic hydroxyl groups is 1. The maximum atomic E-state index is 12.1. The van der Waals surface area contributed by atoms with Crippen LogP contribution in [0, 0.1) is 0 Å². The first-order chi connectivity index (χ1) is 9.03. The van der Waals surface area contributed by atoms with E-state index in [1.807, 2.05) is 44.2 Å². The van der Waals surface area contributed by atoms with Crippen molar-refractivity contribution in [3.8, 4) is 0 Å². The van der Waals surface area contributed by atoms with Crippen molar-refractivity contribution < 1.29 is 14.6 Å². The molecule has 1 unspecified atom stereocenters. The molecule has 1 amide bonds. The maximum absolute atomic E-state index is 12.1. The number of aliphatic hydroxyl groups excluding tert-OH is 1. The van der Waals surface area contributed by atoms with Crippen LogP contribution in [0.25, 0.3) is 0 Å². The Hall–Kier alpha value is -1.20. The Balaban J connectivity index is 1.93. The summed E-state index contributed by atoms with van der Waals surface area (Å²) >= 11 is 1.60. The van der Waals surface area contributed by atoms with Gasteiger partial charge in [-0.25, -0.2) is 4.79 Å². The molecule has 0 aliphatic carbocycles. The molecule has 5 heteroatoms. The summed E-state index contributed by atoms with van der Waals surface area (Å²) in [7, 11) is 0. The molecule has 1 aliphatic rings.